The smallest absolute Gasteiger partial charge is 0.227 e. The van der Waals surface area contributed by atoms with Crippen molar-refractivity contribution < 1.29 is 9.90 Å². The summed E-state index contributed by atoms with van der Waals surface area (Å²) in [6.45, 7) is 1.38. The molecular weight excluding hydrogens is 226 g/mol. The van der Waals surface area contributed by atoms with Crippen LogP contribution in [-0.4, -0.2) is 34.4 Å². The minimum Gasteiger partial charge on any atom is -0.508 e. The van der Waals surface area contributed by atoms with E-state index in [1.54, 1.807) is 23.1 Å². The second-order valence-corrected chi connectivity index (χ2v) is 4.69. The molecule has 1 aliphatic heterocycles. The molecule has 1 aromatic carbocycles. The van der Waals surface area contributed by atoms with Crippen molar-refractivity contribution in [2.24, 2.45) is 0 Å². The zero-order valence-corrected chi connectivity index (χ0v) is 9.65. The van der Waals surface area contributed by atoms with Crippen molar-refractivity contribution >= 4 is 17.5 Å². The standard InChI is InChI=1S/C12H14ClNO2/c13-10-4-5-14(8-10)12(16)7-9-2-1-3-11(15)6-9/h1-3,6,10,15H,4-5,7-8H2. The van der Waals surface area contributed by atoms with Gasteiger partial charge in [-0.1, -0.05) is 12.1 Å². The Balaban J connectivity index is 1.97. The fourth-order valence-corrected chi connectivity index (χ4v) is 2.16. The minimum absolute atomic E-state index is 0.0775. The molecule has 2 rings (SSSR count). The summed E-state index contributed by atoms with van der Waals surface area (Å²) in [6.07, 6.45) is 1.20. The number of rotatable bonds is 2. The molecule has 1 fully saturated rings. The molecule has 0 radical (unpaired) electrons. The molecule has 1 aromatic rings. The SMILES string of the molecule is O=C(Cc1cccc(O)c1)N1CCC(Cl)C1. The van der Waals surface area contributed by atoms with E-state index in [-0.39, 0.29) is 17.0 Å². The number of carbonyl (C=O) groups is 1. The third-order valence-corrected chi connectivity index (χ3v) is 3.11. The van der Waals surface area contributed by atoms with Gasteiger partial charge in [-0.2, -0.15) is 0 Å². The van der Waals surface area contributed by atoms with Crippen LogP contribution in [0.4, 0.5) is 0 Å². The van der Waals surface area contributed by atoms with E-state index >= 15 is 0 Å². The summed E-state index contributed by atoms with van der Waals surface area (Å²) in [5, 5.41) is 9.38. The minimum atomic E-state index is 0.0775. The van der Waals surface area contributed by atoms with Gasteiger partial charge in [0.25, 0.3) is 0 Å². The van der Waals surface area contributed by atoms with Crippen LogP contribution in [-0.2, 0) is 11.2 Å². The summed E-state index contributed by atoms with van der Waals surface area (Å²) in [5.74, 6) is 0.274. The third-order valence-electron chi connectivity index (χ3n) is 2.75. The maximum atomic E-state index is 11.9. The zero-order valence-electron chi connectivity index (χ0n) is 8.90. The predicted molar refractivity (Wildman–Crippen MR) is 62.6 cm³/mol. The van der Waals surface area contributed by atoms with Crippen LogP contribution in [0.3, 0.4) is 0 Å². The second kappa shape index (κ2) is 4.74. The first kappa shape index (κ1) is 11.3. The number of hydrogen-bond donors (Lipinski definition) is 1. The Kier molecular flexibility index (Phi) is 3.34. The summed E-state index contributed by atoms with van der Waals surface area (Å²) in [4.78, 5) is 13.6. The van der Waals surface area contributed by atoms with E-state index in [1.807, 2.05) is 6.07 Å². The summed E-state index contributed by atoms with van der Waals surface area (Å²) >= 11 is 5.95. The molecule has 0 aliphatic carbocycles. The Labute approximate surface area is 99.6 Å². The molecule has 86 valence electrons. The first-order valence-corrected chi connectivity index (χ1v) is 5.78. The van der Waals surface area contributed by atoms with Crippen molar-refractivity contribution in [3.8, 4) is 5.75 Å². The number of nitrogens with zero attached hydrogens (tertiary/aromatic N) is 1. The number of phenolic OH excluding ortho intramolecular Hbond substituents is 1. The summed E-state index contributed by atoms with van der Waals surface area (Å²) in [6, 6.07) is 6.79. The molecule has 3 nitrogen and oxygen atoms in total. The fourth-order valence-electron chi connectivity index (χ4n) is 1.90. The van der Waals surface area contributed by atoms with Crippen LogP contribution in [0.2, 0.25) is 0 Å². The molecule has 1 heterocycles. The molecule has 1 saturated heterocycles. The van der Waals surface area contributed by atoms with Gasteiger partial charge in [0, 0.05) is 13.1 Å². The van der Waals surface area contributed by atoms with Crippen molar-refractivity contribution in [1.29, 1.82) is 0 Å². The number of phenols is 1. The molecule has 0 aromatic heterocycles. The molecule has 0 spiro atoms. The van der Waals surface area contributed by atoms with Crippen LogP contribution in [0.5, 0.6) is 5.75 Å². The van der Waals surface area contributed by atoms with Gasteiger partial charge >= 0.3 is 0 Å². The number of alkyl halides is 1. The highest BCUT2D eigenvalue weighted by Gasteiger charge is 2.24. The van der Waals surface area contributed by atoms with E-state index in [2.05, 4.69) is 0 Å². The van der Waals surface area contributed by atoms with Crippen molar-refractivity contribution in [3.05, 3.63) is 29.8 Å². The zero-order chi connectivity index (χ0) is 11.5. The molecule has 1 atom stereocenters. The van der Waals surface area contributed by atoms with Crippen LogP contribution >= 0.6 is 11.6 Å². The van der Waals surface area contributed by atoms with E-state index < -0.39 is 0 Å². The van der Waals surface area contributed by atoms with Crippen LogP contribution in [0, 0.1) is 0 Å². The van der Waals surface area contributed by atoms with E-state index in [0.717, 1.165) is 18.5 Å². The van der Waals surface area contributed by atoms with Gasteiger partial charge < -0.3 is 10.0 Å². The van der Waals surface area contributed by atoms with Crippen LogP contribution in [0.15, 0.2) is 24.3 Å². The molecule has 4 heteroatoms. The highest BCUT2D eigenvalue weighted by atomic mass is 35.5. The van der Waals surface area contributed by atoms with Crippen LogP contribution in [0.1, 0.15) is 12.0 Å². The average molecular weight is 240 g/mol. The van der Waals surface area contributed by atoms with E-state index in [0.29, 0.717) is 13.0 Å². The number of halogens is 1. The molecule has 0 saturated carbocycles. The Bertz CT molecular complexity index is 394. The van der Waals surface area contributed by atoms with Crippen molar-refractivity contribution in [2.45, 2.75) is 18.2 Å². The summed E-state index contributed by atoms with van der Waals surface area (Å²) in [5.41, 5.74) is 0.836. The largest absolute Gasteiger partial charge is 0.508 e. The fraction of sp³-hybridized carbons (Fsp3) is 0.417. The van der Waals surface area contributed by atoms with E-state index in [4.69, 9.17) is 11.6 Å². The van der Waals surface area contributed by atoms with Crippen molar-refractivity contribution in [1.82, 2.24) is 4.90 Å². The normalized spacial score (nSPS) is 20.1. The quantitative estimate of drug-likeness (QED) is 0.800. The Hall–Kier alpha value is -1.22. The van der Waals surface area contributed by atoms with E-state index in [9.17, 15) is 9.90 Å². The van der Waals surface area contributed by atoms with Gasteiger partial charge in [0.05, 0.1) is 11.8 Å². The lowest BCUT2D eigenvalue weighted by Crippen LogP contribution is -2.30. The number of amides is 1. The maximum absolute atomic E-state index is 11.9. The van der Waals surface area contributed by atoms with Crippen molar-refractivity contribution in [2.75, 3.05) is 13.1 Å². The first-order chi connectivity index (χ1) is 7.65. The summed E-state index contributed by atoms with van der Waals surface area (Å²) in [7, 11) is 0. The predicted octanol–water partition coefficient (Wildman–Crippen LogP) is 1.77. The van der Waals surface area contributed by atoms with Gasteiger partial charge in [-0.05, 0) is 24.1 Å². The number of likely N-dealkylation sites (tertiary alicyclic amines) is 1. The molecular formula is C12H14ClNO2. The topological polar surface area (TPSA) is 40.5 Å². The number of carbonyl (C=O) groups excluding carboxylic acids is 1. The van der Waals surface area contributed by atoms with Gasteiger partial charge in [0.2, 0.25) is 5.91 Å². The lowest BCUT2D eigenvalue weighted by atomic mass is 10.1. The van der Waals surface area contributed by atoms with Crippen molar-refractivity contribution in [3.63, 3.8) is 0 Å². The van der Waals surface area contributed by atoms with Gasteiger partial charge in [0.1, 0.15) is 5.75 Å². The molecule has 1 unspecified atom stereocenters. The molecule has 1 aliphatic rings. The van der Waals surface area contributed by atoms with Gasteiger partial charge in [-0.25, -0.2) is 0 Å². The van der Waals surface area contributed by atoms with Gasteiger partial charge in [-0.15, -0.1) is 11.6 Å². The number of aromatic hydroxyl groups is 1. The lowest BCUT2D eigenvalue weighted by molar-refractivity contribution is -0.129. The molecule has 16 heavy (non-hydrogen) atoms. The highest BCUT2D eigenvalue weighted by molar-refractivity contribution is 6.21. The second-order valence-electron chi connectivity index (χ2n) is 4.07. The third kappa shape index (κ3) is 2.67. The molecule has 1 amide bonds. The van der Waals surface area contributed by atoms with Crippen LogP contribution in [0.25, 0.3) is 0 Å². The average Bonchev–Trinajstić information content (AvgIpc) is 2.65. The maximum Gasteiger partial charge on any atom is 0.227 e. The lowest BCUT2D eigenvalue weighted by Gasteiger charge is -2.15. The van der Waals surface area contributed by atoms with Gasteiger partial charge in [-0.3, -0.25) is 4.79 Å². The first-order valence-electron chi connectivity index (χ1n) is 5.35. The molecule has 0 bridgehead atoms. The number of hydrogen-bond acceptors (Lipinski definition) is 2. The Morgan fingerprint density at radius 1 is 1.56 bits per heavy atom. The Morgan fingerprint density at radius 3 is 3.00 bits per heavy atom. The molecule has 1 N–H and O–H groups in total. The summed E-state index contributed by atoms with van der Waals surface area (Å²) < 4.78 is 0. The number of benzene rings is 1. The monoisotopic (exact) mass is 239 g/mol. The highest BCUT2D eigenvalue weighted by Crippen LogP contribution is 2.17. The van der Waals surface area contributed by atoms with Gasteiger partial charge in [0.15, 0.2) is 0 Å². The van der Waals surface area contributed by atoms with E-state index in [1.165, 1.54) is 0 Å². The van der Waals surface area contributed by atoms with Crippen LogP contribution < -0.4 is 0 Å². The Morgan fingerprint density at radius 2 is 2.38 bits per heavy atom.